The third-order valence-electron chi connectivity index (χ3n) is 1.59. The Morgan fingerprint density at radius 1 is 1.42 bits per heavy atom. The predicted molar refractivity (Wildman–Crippen MR) is 52.4 cm³/mol. The summed E-state index contributed by atoms with van der Waals surface area (Å²) in [5, 5.41) is 2.81. The second-order valence-electron chi connectivity index (χ2n) is 3.56. The Labute approximate surface area is 79.7 Å². The summed E-state index contributed by atoms with van der Waals surface area (Å²) in [6.45, 7) is 6.12. The van der Waals surface area contributed by atoms with Crippen LogP contribution in [0, 0.1) is 5.92 Å². The molecule has 1 unspecified atom stereocenters. The average Bonchev–Trinajstić information content (AvgIpc) is 2.00. The maximum Gasteiger partial charge on any atom is 0.220 e. The fraction of sp³-hybridized carbons (Fsp3) is 0.889. The number of hydrogen-bond acceptors (Lipinski definition) is 1. The summed E-state index contributed by atoms with van der Waals surface area (Å²) in [7, 11) is 0. The van der Waals surface area contributed by atoms with E-state index >= 15 is 0 Å². The quantitative estimate of drug-likeness (QED) is 0.664. The van der Waals surface area contributed by atoms with Crippen molar-refractivity contribution >= 4 is 17.5 Å². The van der Waals surface area contributed by atoms with Crippen LogP contribution in [0.3, 0.4) is 0 Å². The lowest BCUT2D eigenvalue weighted by molar-refractivity contribution is -0.121. The molecule has 0 heterocycles. The van der Waals surface area contributed by atoms with Crippen LogP contribution in [0.2, 0.25) is 0 Å². The molecule has 0 aliphatic rings. The minimum atomic E-state index is 0.0892. The second-order valence-corrected chi connectivity index (χ2v) is 3.86. The molecule has 12 heavy (non-hydrogen) atoms. The van der Waals surface area contributed by atoms with Crippen molar-refractivity contribution in [3.63, 3.8) is 0 Å². The van der Waals surface area contributed by atoms with E-state index in [0.29, 0.717) is 18.2 Å². The van der Waals surface area contributed by atoms with E-state index in [-0.39, 0.29) is 11.9 Å². The van der Waals surface area contributed by atoms with Crippen LogP contribution in [-0.4, -0.2) is 17.8 Å². The topological polar surface area (TPSA) is 29.1 Å². The fourth-order valence-electron chi connectivity index (χ4n) is 0.805. The van der Waals surface area contributed by atoms with E-state index in [1.165, 1.54) is 0 Å². The Balaban J connectivity index is 3.46. The molecule has 72 valence electrons. The highest BCUT2D eigenvalue weighted by atomic mass is 35.5. The number of carbonyl (C=O) groups is 1. The maximum atomic E-state index is 11.1. The van der Waals surface area contributed by atoms with E-state index in [2.05, 4.69) is 19.2 Å². The van der Waals surface area contributed by atoms with Crippen LogP contribution >= 0.6 is 11.6 Å². The number of alkyl halides is 1. The summed E-state index contributed by atoms with van der Waals surface area (Å²) < 4.78 is 0. The Morgan fingerprint density at radius 3 is 2.42 bits per heavy atom. The van der Waals surface area contributed by atoms with Crippen molar-refractivity contribution in [2.24, 2.45) is 5.92 Å². The third kappa shape index (κ3) is 6.47. The van der Waals surface area contributed by atoms with Crippen LogP contribution in [0.25, 0.3) is 0 Å². The highest BCUT2D eigenvalue weighted by Crippen LogP contribution is 2.03. The summed E-state index contributed by atoms with van der Waals surface area (Å²) in [5.74, 6) is 1.17. The van der Waals surface area contributed by atoms with Crippen molar-refractivity contribution in [3.05, 3.63) is 0 Å². The Morgan fingerprint density at radius 2 is 2.00 bits per heavy atom. The van der Waals surface area contributed by atoms with E-state index < -0.39 is 0 Å². The molecule has 0 aromatic heterocycles. The van der Waals surface area contributed by atoms with Crippen LogP contribution < -0.4 is 5.32 Å². The molecule has 0 saturated carbocycles. The van der Waals surface area contributed by atoms with Crippen LogP contribution in [0.15, 0.2) is 0 Å². The smallest absolute Gasteiger partial charge is 0.220 e. The number of hydrogen-bond donors (Lipinski definition) is 1. The normalized spacial score (nSPS) is 13.1. The fourth-order valence-corrected chi connectivity index (χ4v) is 0.882. The number of rotatable bonds is 5. The molecule has 0 aliphatic carbocycles. The van der Waals surface area contributed by atoms with E-state index in [0.717, 1.165) is 6.42 Å². The van der Waals surface area contributed by atoms with Crippen LogP contribution in [0.5, 0.6) is 0 Å². The minimum Gasteiger partial charge on any atom is -0.352 e. The molecule has 2 nitrogen and oxygen atoms in total. The van der Waals surface area contributed by atoms with Gasteiger partial charge in [0.05, 0.1) is 0 Å². The highest BCUT2D eigenvalue weighted by molar-refractivity contribution is 6.18. The Hall–Kier alpha value is -0.240. The van der Waals surface area contributed by atoms with Gasteiger partial charge in [-0.25, -0.2) is 0 Å². The number of nitrogens with one attached hydrogen (secondary N) is 1. The van der Waals surface area contributed by atoms with Gasteiger partial charge in [0.2, 0.25) is 5.91 Å². The van der Waals surface area contributed by atoms with E-state index in [1.807, 2.05) is 6.92 Å². The van der Waals surface area contributed by atoms with Crippen molar-refractivity contribution in [2.45, 2.75) is 39.7 Å². The zero-order chi connectivity index (χ0) is 9.56. The molecular weight excluding hydrogens is 174 g/mol. The van der Waals surface area contributed by atoms with Gasteiger partial charge in [-0.15, -0.1) is 11.6 Å². The average molecular weight is 192 g/mol. The van der Waals surface area contributed by atoms with E-state index in [1.54, 1.807) is 0 Å². The summed E-state index contributed by atoms with van der Waals surface area (Å²) >= 11 is 5.54. The van der Waals surface area contributed by atoms with Gasteiger partial charge in [0.25, 0.3) is 0 Å². The molecule has 1 N–H and O–H groups in total. The molecule has 0 aliphatic heterocycles. The molecule has 0 saturated heterocycles. The summed E-state index contributed by atoms with van der Waals surface area (Å²) in [5.41, 5.74) is 0. The molecule has 0 rings (SSSR count). The molecule has 0 spiro atoms. The summed E-state index contributed by atoms with van der Waals surface area (Å²) in [6.07, 6.45) is 1.56. The van der Waals surface area contributed by atoms with Gasteiger partial charge in [0.15, 0.2) is 0 Å². The predicted octanol–water partition coefficient (Wildman–Crippen LogP) is 2.17. The highest BCUT2D eigenvalue weighted by Gasteiger charge is 2.06. The zero-order valence-corrected chi connectivity index (χ0v) is 8.82. The SMILES string of the molecule is CC(C)CCC(=O)NC(C)CCl. The molecule has 0 aromatic rings. The molecule has 0 radical (unpaired) electrons. The first-order valence-electron chi connectivity index (χ1n) is 4.41. The number of halogens is 1. The molecule has 1 amide bonds. The van der Waals surface area contributed by atoms with Crippen molar-refractivity contribution in [1.29, 1.82) is 0 Å². The van der Waals surface area contributed by atoms with Gasteiger partial charge in [-0.2, -0.15) is 0 Å². The van der Waals surface area contributed by atoms with Crippen LogP contribution in [-0.2, 0) is 4.79 Å². The minimum absolute atomic E-state index is 0.0892. The largest absolute Gasteiger partial charge is 0.352 e. The first-order valence-corrected chi connectivity index (χ1v) is 4.95. The molecule has 0 bridgehead atoms. The Bertz CT molecular complexity index is 136. The monoisotopic (exact) mass is 191 g/mol. The van der Waals surface area contributed by atoms with Crippen molar-refractivity contribution < 1.29 is 4.79 Å². The molecule has 0 fully saturated rings. The van der Waals surface area contributed by atoms with Crippen LogP contribution in [0.1, 0.15) is 33.6 Å². The second kappa shape index (κ2) is 6.30. The lowest BCUT2D eigenvalue weighted by atomic mass is 10.1. The molecular formula is C9H18ClNO. The molecule has 1 atom stereocenters. The standard InChI is InChI=1S/C9H18ClNO/c1-7(2)4-5-9(12)11-8(3)6-10/h7-8H,4-6H2,1-3H3,(H,11,12). The maximum absolute atomic E-state index is 11.1. The first-order chi connectivity index (χ1) is 5.56. The summed E-state index contributed by atoms with van der Waals surface area (Å²) in [4.78, 5) is 11.1. The van der Waals surface area contributed by atoms with Crippen molar-refractivity contribution in [2.75, 3.05) is 5.88 Å². The van der Waals surface area contributed by atoms with Gasteiger partial charge < -0.3 is 5.32 Å². The lowest BCUT2D eigenvalue weighted by Gasteiger charge is -2.10. The van der Waals surface area contributed by atoms with Gasteiger partial charge in [0, 0.05) is 18.3 Å². The van der Waals surface area contributed by atoms with Crippen molar-refractivity contribution in [3.8, 4) is 0 Å². The van der Waals surface area contributed by atoms with Gasteiger partial charge in [0.1, 0.15) is 0 Å². The van der Waals surface area contributed by atoms with Crippen molar-refractivity contribution in [1.82, 2.24) is 5.32 Å². The Kier molecular flexibility index (Phi) is 6.17. The zero-order valence-electron chi connectivity index (χ0n) is 8.06. The number of carbonyl (C=O) groups excluding carboxylic acids is 1. The lowest BCUT2D eigenvalue weighted by Crippen LogP contribution is -2.33. The third-order valence-corrected chi connectivity index (χ3v) is 2.05. The summed E-state index contributed by atoms with van der Waals surface area (Å²) in [6, 6.07) is 0.0892. The number of amides is 1. The van der Waals surface area contributed by atoms with Gasteiger partial charge in [-0.3, -0.25) is 4.79 Å². The molecule has 3 heteroatoms. The van der Waals surface area contributed by atoms with Gasteiger partial charge >= 0.3 is 0 Å². The van der Waals surface area contributed by atoms with Gasteiger partial charge in [-0.05, 0) is 19.3 Å². The first kappa shape index (κ1) is 11.8. The van der Waals surface area contributed by atoms with E-state index in [4.69, 9.17) is 11.6 Å². The van der Waals surface area contributed by atoms with Crippen LogP contribution in [0.4, 0.5) is 0 Å². The van der Waals surface area contributed by atoms with Gasteiger partial charge in [-0.1, -0.05) is 13.8 Å². The van der Waals surface area contributed by atoms with E-state index in [9.17, 15) is 4.79 Å². The molecule has 0 aromatic carbocycles.